The maximum atomic E-state index is 5.57. The first-order valence-corrected chi connectivity index (χ1v) is 6.79. The molecule has 3 nitrogen and oxygen atoms in total. The van der Waals surface area contributed by atoms with E-state index in [0.29, 0.717) is 5.92 Å². The molecule has 1 saturated heterocycles. The molecule has 0 bridgehead atoms. The van der Waals surface area contributed by atoms with Gasteiger partial charge in [-0.05, 0) is 49.3 Å². The standard InChI is InChI=1S/C15H21NO2/c1-17-14-6-5-11-12(15(14)18-2)4-3-10-7-8-16-9-13(10)11/h5-6,10,13,16H,3-4,7-9H2,1-2H3/t10-,13+/m1/s1. The molecule has 1 aliphatic heterocycles. The maximum Gasteiger partial charge on any atom is 0.164 e. The van der Waals surface area contributed by atoms with E-state index in [0.717, 1.165) is 30.4 Å². The summed E-state index contributed by atoms with van der Waals surface area (Å²) < 4.78 is 11.0. The van der Waals surface area contributed by atoms with Crippen molar-refractivity contribution in [3.05, 3.63) is 23.3 Å². The molecule has 0 amide bonds. The van der Waals surface area contributed by atoms with Gasteiger partial charge in [-0.3, -0.25) is 0 Å². The zero-order valence-electron chi connectivity index (χ0n) is 11.2. The Morgan fingerprint density at radius 1 is 1.17 bits per heavy atom. The van der Waals surface area contributed by atoms with E-state index in [2.05, 4.69) is 17.4 Å². The van der Waals surface area contributed by atoms with Gasteiger partial charge in [0.05, 0.1) is 14.2 Å². The lowest BCUT2D eigenvalue weighted by Gasteiger charge is -2.38. The number of hydrogen-bond donors (Lipinski definition) is 1. The first-order chi connectivity index (χ1) is 8.85. The maximum absolute atomic E-state index is 5.57. The Hall–Kier alpha value is -1.22. The second kappa shape index (κ2) is 4.81. The van der Waals surface area contributed by atoms with Crippen molar-refractivity contribution in [3.63, 3.8) is 0 Å². The van der Waals surface area contributed by atoms with Crippen LogP contribution >= 0.6 is 0 Å². The van der Waals surface area contributed by atoms with Crippen LogP contribution in [-0.4, -0.2) is 27.3 Å². The van der Waals surface area contributed by atoms with Gasteiger partial charge < -0.3 is 14.8 Å². The fourth-order valence-electron chi connectivity index (χ4n) is 3.56. The van der Waals surface area contributed by atoms with E-state index in [4.69, 9.17) is 9.47 Å². The molecule has 1 aromatic rings. The Kier molecular flexibility index (Phi) is 3.16. The fourth-order valence-corrected chi connectivity index (χ4v) is 3.56. The van der Waals surface area contributed by atoms with Gasteiger partial charge in [0.25, 0.3) is 0 Å². The highest BCUT2D eigenvalue weighted by molar-refractivity contribution is 5.53. The Balaban J connectivity index is 2.04. The summed E-state index contributed by atoms with van der Waals surface area (Å²) in [5.41, 5.74) is 2.83. The lowest BCUT2D eigenvalue weighted by atomic mass is 9.72. The highest BCUT2D eigenvalue weighted by Crippen LogP contribution is 2.45. The fraction of sp³-hybridized carbons (Fsp3) is 0.600. The van der Waals surface area contributed by atoms with Crippen LogP contribution in [-0.2, 0) is 6.42 Å². The third-order valence-corrected chi connectivity index (χ3v) is 4.47. The molecule has 18 heavy (non-hydrogen) atoms. The van der Waals surface area contributed by atoms with Crippen LogP contribution in [0.15, 0.2) is 12.1 Å². The highest BCUT2D eigenvalue weighted by atomic mass is 16.5. The van der Waals surface area contributed by atoms with Crippen molar-refractivity contribution < 1.29 is 9.47 Å². The molecule has 1 fully saturated rings. The average molecular weight is 247 g/mol. The van der Waals surface area contributed by atoms with Crippen LogP contribution in [0.3, 0.4) is 0 Å². The lowest BCUT2D eigenvalue weighted by molar-refractivity contribution is 0.283. The first kappa shape index (κ1) is 11.8. The second-order valence-corrected chi connectivity index (χ2v) is 5.27. The predicted molar refractivity (Wildman–Crippen MR) is 71.6 cm³/mol. The molecule has 2 aliphatic rings. The van der Waals surface area contributed by atoms with Crippen molar-refractivity contribution in [2.45, 2.75) is 25.2 Å². The normalized spacial score (nSPS) is 26.1. The van der Waals surface area contributed by atoms with E-state index >= 15 is 0 Å². The first-order valence-electron chi connectivity index (χ1n) is 6.79. The van der Waals surface area contributed by atoms with Crippen LogP contribution < -0.4 is 14.8 Å². The minimum atomic E-state index is 0.655. The number of fused-ring (bicyclic) bond motifs is 3. The summed E-state index contributed by atoms with van der Waals surface area (Å²) in [5.74, 6) is 3.30. The van der Waals surface area contributed by atoms with Gasteiger partial charge in [0.15, 0.2) is 11.5 Å². The molecule has 1 aliphatic carbocycles. The summed E-state index contributed by atoms with van der Waals surface area (Å²) in [4.78, 5) is 0. The lowest BCUT2D eigenvalue weighted by Crippen LogP contribution is -2.37. The SMILES string of the molecule is COc1ccc2c(c1OC)CC[C@@H]1CCNC[C@H]21. The minimum absolute atomic E-state index is 0.655. The predicted octanol–water partition coefficient (Wildman–Crippen LogP) is 2.34. The summed E-state index contributed by atoms with van der Waals surface area (Å²) in [6.07, 6.45) is 3.71. The number of hydrogen-bond acceptors (Lipinski definition) is 3. The van der Waals surface area contributed by atoms with Crippen LogP contribution in [0.1, 0.15) is 29.9 Å². The molecule has 0 unspecified atom stereocenters. The molecule has 0 saturated carbocycles. The van der Waals surface area contributed by atoms with Gasteiger partial charge in [-0.15, -0.1) is 0 Å². The molecule has 98 valence electrons. The number of rotatable bonds is 2. The van der Waals surface area contributed by atoms with Crippen molar-refractivity contribution >= 4 is 0 Å². The molecule has 3 rings (SSSR count). The van der Waals surface area contributed by atoms with Gasteiger partial charge in [0.2, 0.25) is 0 Å². The van der Waals surface area contributed by atoms with Gasteiger partial charge in [-0.1, -0.05) is 6.07 Å². The van der Waals surface area contributed by atoms with Crippen molar-refractivity contribution in [3.8, 4) is 11.5 Å². The molecule has 1 N–H and O–H groups in total. The molecule has 0 spiro atoms. The molecule has 0 aromatic heterocycles. The van der Waals surface area contributed by atoms with Gasteiger partial charge in [-0.2, -0.15) is 0 Å². The van der Waals surface area contributed by atoms with Crippen LogP contribution in [0.25, 0.3) is 0 Å². The number of piperidine rings is 1. The average Bonchev–Trinajstić information content (AvgIpc) is 2.45. The highest BCUT2D eigenvalue weighted by Gasteiger charge is 2.33. The Morgan fingerprint density at radius 2 is 2.06 bits per heavy atom. The second-order valence-electron chi connectivity index (χ2n) is 5.27. The third kappa shape index (κ3) is 1.77. The number of ether oxygens (including phenoxy) is 2. The minimum Gasteiger partial charge on any atom is -0.493 e. The summed E-state index contributed by atoms with van der Waals surface area (Å²) in [5, 5.41) is 3.52. The van der Waals surface area contributed by atoms with E-state index in [9.17, 15) is 0 Å². The Bertz CT molecular complexity index is 444. The largest absolute Gasteiger partial charge is 0.493 e. The van der Waals surface area contributed by atoms with Crippen molar-refractivity contribution in [1.29, 1.82) is 0 Å². The molecule has 3 heteroatoms. The van der Waals surface area contributed by atoms with Crippen molar-refractivity contribution in [2.75, 3.05) is 27.3 Å². The third-order valence-electron chi connectivity index (χ3n) is 4.47. The quantitative estimate of drug-likeness (QED) is 0.870. The van der Waals surface area contributed by atoms with E-state index in [-0.39, 0.29) is 0 Å². The van der Waals surface area contributed by atoms with E-state index < -0.39 is 0 Å². The summed E-state index contributed by atoms with van der Waals surface area (Å²) in [6, 6.07) is 4.29. The van der Waals surface area contributed by atoms with Gasteiger partial charge >= 0.3 is 0 Å². The molecule has 2 atom stereocenters. The van der Waals surface area contributed by atoms with Gasteiger partial charge in [-0.25, -0.2) is 0 Å². The number of nitrogens with one attached hydrogen (secondary N) is 1. The molecular weight excluding hydrogens is 226 g/mol. The Labute approximate surface area is 108 Å². The van der Waals surface area contributed by atoms with Gasteiger partial charge in [0.1, 0.15) is 0 Å². The van der Waals surface area contributed by atoms with Crippen molar-refractivity contribution in [2.24, 2.45) is 5.92 Å². The van der Waals surface area contributed by atoms with Crippen molar-refractivity contribution in [1.82, 2.24) is 5.32 Å². The molecule has 1 aromatic carbocycles. The zero-order chi connectivity index (χ0) is 12.5. The summed E-state index contributed by atoms with van der Waals surface area (Å²) in [7, 11) is 3.45. The molecule has 0 radical (unpaired) electrons. The number of methoxy groups -OCH3 is 2. The molecular formula is C15H21NO2. The van der Waals surface area contributed by atoms with Crippen LogP contribution in [0.2, 0.25) is 0 Å². The summed E-state index contributed by atoms with van der Waals surface area (Å²) in [6.45, 7) is 2.27. The van der Waals surface area contributed by atoms with E-state index in [1.54, 1.807) is 14.2 Å². The van der Waals surface area contributed by atoms with Crippen LogP contribution in [0.5, 0.6) is 11.5 Å². The summed E-state index contributed by atoms with van der Waals surface area (Å²) >= 11 is 0. The smallest absolute Gasteiger partial charge is 0.164 e. The Morgan fingerprint density at radius 3 is 2.83 bits per heavy atom. The van der Waals surface area contributed by atoms with Gasteiger partial charge in [0, 0.05) is 12.1 Å². The molecule has 1 heterocycles. The van der Waals surface area contributed by atoms with E-state index in [1.165, 1.54) is 30.5 Å². The monoisotopic (exact) mass is 247 g/mol. The van der Waals surface area contributed by atoms with E-state index in [1.807, 2.05) is 0 Å². The number of benzene rings is 1. The van der Waals surface area contributed by atoms with Crippen LogP contribution in [0.4, 0.5) is 0 Å². The van der Waals surface area contributed by atoms with Crippen LogP contribution in [0, 0.1) is 5.92 Å². The zero-order valence-corrected chi connectivity index (χ0v) is 11.2. The topological polar surface area (TPSA) is 30.5 Å².